The third-order valence-electron chi connectivity index (χ3n) is 4.03. The average Bonchev–Trinajstić information content (AvgIpc) is 2.53. The van der Waals surface area contributed by atoms with Crippen molar-refractivity contribution in [2.24, 2.45) is 4.99 Å². The van der Waals surface area contributed by atoms with Crippen LogP contribution in [-0.2, 0) is 0 Å². The van der Waals surface area contributed by atoms with Gasteiger partial charge >= 0.3 is 0 Å². The average molecular weight is 303 g/mol. The Balaban J connectivity index is 1.86. The molecule has 0 saturated heterocycles. The summed E-state index contributed by atoms with van der Waals surface area (Å²) in [5.74, 6) is 0.296. The molecule has 0 unspecified atom stereocenters. The minimum Gasteiger partial charge on any atom is -0.508 e. The summed E-state index contributed by atoms with van der Waals surface area (Å²) in [6, 6.07) is 7.03. The molecule has 124 valence electrons. The van der Waals surface area contributed by atoms with Crippen molar-refractivity contribution < 1.29 is 5.11 Å². The molecule has 2 nitrogen and oxygen atoms in total. The monoisotopic (exact) mass is 303 g/mol. The van der Waals surface area contributed by atoms with Gasteiger partial charge in [-0.05, 0) is 37.1 Å². The maximum absolute atomic E-state index is 9.19. The Labute approximate surface area is 136 Å². The summed E-state index contributed by atoms with van der Waals surface area (Å²) in [6.45, 7) is 2.27. The first-order valence-corrected chi connectivity index (χ1v) is 9.14. The fraction of sp³-hybridized carbons (Fsp3) is 0.650. The van der Waals surface area contributed by atoms with Crippen LogP contribution >= 0.6 is 0 Å². The smallest absolute Gasteiger partial charge is 0.115 e. The molecular formula is C20H33NO. The van der Waals surface area contributed by atoms with E-state index in [0.717, 1.165) is 12.1 Å². The molecule has 1 aromatic carbocycles. The zero-order valence-electron chi connectivity index (χ0n) is 14.3. The van der Waals surface area contributed by atoms with Gasteiger partial charge < -0.3 is 5.11 Å². The number of hydrogen-bond acceptors (Lipinski definition) is 2. The van der Waals surface area contributed by atoms with Gasteiger partial charge in [0.05, 0.1) is 5.69 Å². The summed E-state index contributed by atoms with van der Waals surface area (Å²) in [5.41, 5.74) is 0.917. The fourth-order valence-electron chi connectivity index (χ4n) is 2.61. The van der Waals surface area contributed by atoms with Crippen LogP contribution in [0.15, 0.2) is 29.3 Å². The fourth-order valence-corrected chi connectivity index (χ4v) is 2.61. The Morgan fingerprint density at radius 3 is 1.82 bits per heavy atom. The van der Waals surface area contributed by atoms with Gasteiger partial charge in [-0.1, -0.05) is 71.1 Å². The van der Waals surface area contributed by atoms with Crippen LogP contribution in [0.2, 0.25) is 0 Å². The van der Waals surface area contributed by atoms with Gasteiger partial charge in [-0.25, -0.2) is 0 Å². The van der Waals surface area contributed by atoms with E-state index in [1.807, 2.05) is 18.3 Å². The van der Waals surface area contributed by atoms with Crippen LogP contribution < -0.4 is 0 Å². The summed E-state index contributed by atoms with van der Waals surface area (Å²) >= 11 is 0. The predicted octanol–water partition coefficient (Wildman–Crippen LogP) is 6.80. The lowest BCUT2D eigenvalue weighted by Crippen LogP contribution is -1.83. The van der Waals surface area contributed by atoms with Gasteiger partial charge in [0.1, 0.15) is 5.75 Å². The van der Waals surface area contributed by atoms with Gasteiger partial charge in [-0.3, -0.25) is 4.99 Å². The summed E-state index contributed by atoms with van der Waals surface area (Å²) < 4.78 is 0. The number of phenolic OH excluding ortho intramolecular Hbond substituents is 1. The van der Waals surface area contributed by atoms with Crippen LogP contribution in [-0.4, -0.2) is 11.3 Å². The molecule has 0 fully saturated rings. The molecule has 1 N–H and O–H groups in total. The third-order valence-corrected chi connectivity index (χ3v) is 4.03. The Bertz CT molecular complexity index is 383. The topological polar surface area (TPSA) is 32.6 Å². The second-order valence-corrected chi connectivity index (χ2v) is 6.15. The molecule has 2 heteroatoms. The van der Waals surface area contributed by atoms with E-state index in [1.54, 1.807) is 12.1 Å². The Kier molecular flexibility index (Phi) is 11.4. The Morgan fingerprint density at radius 1 is 0.773 bits per heavy atom. The van der Waals surface area contributed by atoms with Crippen molar-refractivity contribution in [3.8, 4) is 5.75 Å². The number of aromatic hydroxyl groups is 1. The number of hydrogen-bond donors (Lipinski definition) is 1. The lowest BCUT2D eigenvalue weighted by Gasteiger charge is -2.01. The van der Waals surface area contributed by atoms with Gasteiger partial charge in [-0.15, -0.1) is 0 Å². The lowest BCUT2D eigenvalue weighted by molar-refractivity contribution is 0.475. The van der Waals surface area contributed by atoms with E-state index in [1.165, 1.54) is 70.6 Å². The molecule has 0 bridgehead atoms. The number of unbranched alkanes of at least 4 members (excludes halogenated alkanes) is 11. The highest BCUT2D eigenvalue weighted by atomic mass is 16.3. The van der Waals surface area contributed by atoms with Gasteiger partial charge in [0, 0.05) is 6.21 Å². The molecule has 0 aliphatic rings. The third kappa shape index (κ3) is 10.4. The van der Waals surface area contributed by atoms with E-state index in [0.29, 0.717) is 5.75 Å². The van der Waals surface area contributed by atoms with Crippen molar-refractivity contribution in [2.75, 3.05) is 0 Å². The Morgan fingerprint density at radius 2 is 1.27 bits per heavy atom. The number of phenols is 1. The standard InChI is InChI=1S/C20H33NO/c1-2-3-4-5-6-7-8-9-10-11-12-13-18-21-19-14-16-20(22)17-15-19/h14-18,22H,2-13H2,1H3. The maximum atomic E-state index is 9.19. The van der Waals surface area contributed by atoms with Gasteiger partial charge in [0.15, 0.2) is 0 Å². The van der Waals surface area contributed by atoms with Crippen LogP contribution in [0.3, 0.4) is 0 Å². The van der Waals surface area contributed by atoms with Gasteiger partial charge in [-0.2, -0.15) is 0 Å². The van der Waals surface area contributed by atoms with Crippen LogP contribution in [0.25, 0.3) is 0 Å². The number of aliphatic imine (C=N–C) groups is 1. The number of nitrogens with zero attached hydrogens (tertiary/aromatic N) is 1. The van der Waals surface area contributed by atoms with E-state index in [4.69, 9.17) is 0 Å². The molecule has 1 rings (SSSR count). The number of benzene rings is 1. The lowest BCUT2D eigenvalue weighted by atomic mass is 10.1. The van der Waals surface area contributed by atoms with Crippen molar-refractivity contribution in [3.63, 3.8) is 0 Å². The van der Waals surface area contributed by atoms with E-state index in [-0.39, 0.29) is 0 Å². The van der Waals surface area contributed by atoms with E-state index in [9.17, 15) is 5.11 Å². The van der Waals surface area contributed by atoms with E-state index < -0.39 is 0 Å². The molecule has 0 aliphatic heterocycles. The van der Waals surface area contributed by atoms with Gasteiger partial charge in [0.25, 0.3) is 0 Å². The summed E-state index contributed by atoms with van der Waals surface area (Å²) in [7, 11) is 0. The SMILES string of the molecule is CCCCCCCCCCCCCC=Nc1ccc(O)cc1. The molecule has 0 aromatic heterocycles. The van der Waals surface area contributed by atoms with E-state index >= 15 is 0 Å². The molecule has 0 spiro atoms. The maximum Gasteiger partial charge on any atom is 0.115 e. The zero-order chi connectivity index (χ0) is 15.9. The largest absolute Gasteiger partial charge is 0.508 e. The van der Waals surface area contributed by atoms with Crippen molar-refractivity contribution in [1.29, 1.82) is 0 Å². The highest BCUT2D eigenvalue weighted by molar-refractivity contribution is 5.63. The van der Waals surface area contributed by atoms with Crippen LogP contribution in [0, 0.1) is 0 Å². The first-order chi connectivity index (χ1) is 10.8. The molecule has 0 heterocycles. The van der Waals surface area contributed by atoms with Crippen molar-refractivity contribution >= 4 is 11.9 Å². The molecule has 22 heavy (non-hydrogen) atoms. The van der Waals surface area contributed by atoms with Crippen LogP contribution in [0.4, 0.5) is 5.69 Å². The van der Waals surface area contributed by atoms with Crippen molar-refractivity contribution in [1.82, 2.24) is 0 Å². The van der Waals surface area contributed by atoms with Crippen LogP contribution in [0.5, 0.6) is 5.75 Å². The predicted molar refractivity (Wildman–Crippen MR) is 97.3 cm³/mol. The molecular weight excluding hydrogens is 270 g/mol. The second-order valence-electron chi connectivity index (χ2n) is 6.15. The molecule has 0 atom stereocenters. The highest BCUT2D eigenvalue weighted by Gasteiger charge is 1.93. The van der Waals surface area contributed by atoms with Gasteiger partial charge in [0.2, 0.25) is 0 Å². The first kappa shape index (κ1) is 18.7. The normalized spacial score (nSPS) is 11.3. The minimum absolute atomic E-state index is 0.296. The first-order valence-electron chi connectivity index (χ1n) is 9.14. The quantitative estimate of drug-likeness (QED) is 0.315. The molecule has 0 saturated carbocycles. The highest BCUT2D eigenvalue weighted by Crippen LogP contribution is 2.16. The molecule has 1 aromatic rings. The summed E-state index contributed by atoms with van der Waals surface area (Å²) in [6.07, 6.45) is 18.2. The minimum atomic E-state index is 0.296. The van der Waals surface area contributed by atoms with Crippen LogP contribution in [0.1, 0.15) is 84.0 Å². The van der Waals surface area contributed by atoms with Crippen molar-refractivity contribution in [2.45, 2.75) is 84.0 Å². The molecule has 0 radical (unpaired) electrons. The Hall–Kier alpha value is -1.31. The number of rotatable bonds is 13. The molecule has 0 amide bonds. The summed E-state index contributed by atoms with van der Waals surface area (Å²) in [4.78, 5) is 4.39. The van der Waals surface area contributed by atoms with E-state index in [2.05, 4.69) is 11.9 Å². The molecule has 0 aliphatic carbocycles. The zero-order valence-corrected chi connectivity index (χ0v) is 14.3. The summed E-state index contributed by atoms with van der Waals surface area (Å²) in [5, 5.41) is 9.19. The second kappa shape index (κ2) is 13.4. The van der Waals surface area contributed by atoms with Crippen molar-refractivity contribution in [3.05, 3.63) is 24.3 Å².